The molecule has 0 bridgehead atoms. The first kappa shape index (κ1) is 16.3. The zero-order valence-corrected chi connectivity index (χ0v) is 10.9. The Balaban J connectivity index is 4.57. The van der Waals surface area contributed by atoms with E-state index in [1.807, 2.05) is 6.92 Å². The lowest BCUT2D eigenvalue weighted by Gasteiger charge is -2.34. The van der Waals surface area contributed by atoms with Crippen LogP contribution in [0.25, 0.3) is 0 Å². The monoisotopic (exact) mass is 258 g/mol. The molecule has 0 heterocycles. The molecule has 0 amide bonds. The average Bonchev–Trinajstić information content (AvgIpc) is 2.41. The zero-order chi connectivity index (χ0) is 14.0. The van der Waals surface area contributed by atoms with Crippen molar-refractivity contribution >= 4 is 11.9 Å². The second-order valence-electron chi connectivity index (χ2n) is 3.67. The first-order chi connectivity index (χ1) is 8.53. The van der Waals surface area contributed by atoms with E-state index in [0.717, 1.165) is 12.2 Å². The molecular weight excluding hydrogens is 238 g/mol. The van der Waals surface area contributed by atoms with Gasteiger partial charge in [-0.15, -0.1) is 0 Å². The number of hydrogen-bond acceptors (Lipinski definition) is 5. The predicted octanol–water partition coefficient (Wildman–Crippen LogP) is 0.800. The molecule has 0 aliphatic carbocycles. The van der Waals surface area contributed by atoms with Crippen LogP contribution in [0, 0.1) is 0 Å². The molecule has 0 saturated heterocycles. The van der Waals surface area contributed by atoms with Gasteiger partial charge in [-0.25, -0.2) is 14.1 Å². The Kier molecular flexibility index (Phi) is 7.66. The maximum absolute atomic E-state index is 11.1. The summed E-state index contributed by atoms with van der Waals surface area (Å²) in [6, 6.07) is 0. The van der Waals surface area contributed by atoms with Gasteiger partial charge in [-0.2, -0.15) is 0 Å². The predicted molar refractivity (Wildman–Crippen MR) is 65.0 cm³/mol. The highest BCUT2D eigenvalue weighted by molar-refractivity contribution is 5.81. The number of carbonyl (C=O) groups is 2. The molecule has 0 spiro atoms. The highest BCUT2D eigenvalue weighted by atomic mass is 16.6. The molecule has 0 aliphatic rings. The summed E-state index contributed by atoms with van der Waals surface area (Å²) < 4.78 is 15.2. The van der Waals surface area contributed by atoms with Gasteiger partial charge in [-0.05, 0) is 6.92 Å². The van der Waals surface area contributed by atoms with Gasteiger partial charge < -0.3 is 14.2 Å². The molecule has 6 heteroatoms. The summed E-state index contributed by atoms with van der Waals surface area (Å²) in [5, 5.41) is 0. The molecular formula is C12H20NO5+. The largest absolute Gasteiger partial charge is 0.412 e. The van der Waals surface area contributed by atoms with E-state index in [0.29, 0.717) is 6.54 Å². The van der Waals surface area contributed by atoms with E-state index in [9.17, 15) is 9.59 Å². The normalized spacial score (nSPS) is 10.6. The van der Waals surface area contributed by atoms with Crippen LogP contribution in [0.1, 0.15) is 6.92 Å². The Hall–Kier alpha value is -1.66. The van der Waals surface area contributed by atoms with E-state index in [4.69, 9.17) is 14.2 Å². The van der Waals surface area contributed by atoms with Crippen LogP contribution in [0.2, 0.25) is 0 Å². The van der Waals surface area contributed by atoms with Gasteiger partial charge in [0, 0.05) is 19.3 Å². The quantitative estimate of drug-likeness (QED) is 0.265. The van der Waals surface area contributed by atoms with E-state index >= 15 is 0 Å². The van der Waals surface area contributed by atoms with Crippen LogP contribution in [0.3, 0.4) is 0 Å². The minimum atomic E-state index is -0.530. The minimum Gasteiger partial charge on any atom is -0.412 e. The molecule has 102 valence electrons. The molecule has 0 rings (SSSR count). The fourth-order valence-electron chi connectivity index (χ4n) is 1.18. The number of esters is 2. The average molecular weight is 258 g/mol. The molecule has 0 unspecified atom stereocenters. The smallest absolute Gasteiger partial charge is 0.334 e. The fraction of sp³-hybridized carbons (Fsp3) is 0.500. The molecule has 0 aromatic heterocycles. The van der Waals surface area contributed by atoms with E-state index in [1.54, 1.807) is 0 Å². The summed E-state index contributed by atoms with van der Waals surface area (Å²) in [6.07, 6.45) is 2.15. The van der Waals surface area contributed by atoms with Crippen molar-refractivity contribution in [2.24, 2.45) is 0 Å². The summed E-state index contributed by atoms with van der Waals surface area (Å²) in [5.74, 6) is -1.06. The lowest BCUT2D eigenvalue weighted by molar-refractivity contribution is -0.972. The number of quaternary nitrogens is 1. The van der Waals surface area contributed by atoms with E-state index < -0.39 is 11.9 Å². The lowest BCUT2D eigenvalue weighted by atomic mass is 10.5. The molecule has 0 saturated carbocycles. The van der Waals surface area contributed by atoms with Crippen molar-refractivity contribution in [3.63, 3.8) is 0 Å². The Morgan fingerprint density at radius 1 is 1.06 bits per heavy atom. The van der Waals surface area contributed by atoms with Crippen molar-refractivity contribution in [2.45, 2.75) is 6.92 Å². The molecule has 18 heavy (non-hydrogen) atoms. The van der Waals surface area contributed by atoms with Gasteiger partial charge in [0.25, 0.3) is 0 Å². The van der Waals surface area contributed by atoms with Gasteiger partial charge in [-0.1, -0.05) is 13.2 Å². The number of carbonyl (C=O) groups excluding carboxylic acids is 2. The maximum atomic E-state index is 11.1. The first-order valence-corrected chi connectivity index (χ1v) is 5.46. The summed E-state index contributed by atoms with van der Waals surface area (Å²) in [4.78, 5) is 22.1. The van der Waals surface area contributed by atoms with Gasteiger partial charge in [0.15, 0.2) is 6.73 Å². The van der Waals surface area contributed by atoms with E-state index in [1.165, 1.54) is 7.11 Å². The standard InChI is InChI=1S/C12H20NO5/c1-5-11(14)17-9-13(7-3,8-16-4)10-18-12(15)6-2/h5-6H,1-2,7-10H2,3-4H3/q+1. The van der Waals surface area contributed by atoms with Crippen LogP contribution in [-0.2, 0) is 23.8 Å². The van der Waals surface area contributed by atoms with Crippen LogP contribution in [0.4, 0.5) is 0 Å². The number of nitrogens with zero attached hydrogens (tertiary/aromatic N) is 1. The zero-order valence-electron chi connectivity index (χ0n) is 10.9. The minimum absolute atomic E-state index is 0.0413. The molecule has 0 atom stereocenters. The second-order valence-corrected chi connectivity index (χ2v) is 3.67. The molecule has 0 radical (unpaired) electrons. The lowest BCUT2D eigenvalue weighted by Crippen LogP contribution is -2.52. The highest BCUT2D eigenvalue weighted by Crippen LogP contribution is 2.08. The third-order valence-electron chi connectivity index (χ3n) is 2.37. The second kappa shape index (κ2) is 8.43. The summed E-state index contributed by atoms with van der Waals surface area (Å²) in [6.45, 7) is 9.41. The summed E-state index contributed by atoms with van der Waals surface area (Å²) >= 11 is 0. The Morgan fingerprint density at radius 2 is 1.50 bits per heavy atom. The van der Waals surface area contributed by atoms with Gasteiger partial charge >= 0.3 is 11.9 Å². The van der Waals surface area contributed by atoms with Crippen molar-refractivity contribution in [1.29, 1.82) is 0 Å². The number of methoxy groups -OCH3 is 1. The number of ether oxygens (including phenoxy) is 3. The van der Waals surface area contributed by atoms with Crippen LogP contribution >= 0.6 is 0 Å². The van der Waals surface area contributed by atoms with Crippen molar-refractivity contribution in [2.75, 3.05) is 33.8 Å². The van der Waals surface area contributed by atoms with Crippen LogP contribution < -0.4 is 0 Å². The van der Waals surface area contributed by atoms with Crippen molar-refractivity contribution in [3.05, 3.63) is 25.3 Å². The highest BCUT2D eigenvalue weighted by Gasteiger charge is 2.28. The van der Waals surface area contributed by atoms with Crippen LogP contribution in [0.5, 0.6) is 0 Å². The van der Waals surface area contributed by atoms with Crippen molar-refractivity contribution in [3.8, 4) is 0 Å². The Bertz CT molecular complexity index is 290. The SMILES string of the molecule is C=CC(=O)OC[N+](CC)(COC)COC(=O)C=C. The van der Waals surface area contributed by atoms with Gasteiger partial charge in [-0.3, -0.25) is 0 Å². The molecule has 6 nitrogen and oxygen atoms in total. The first-order valence-electron chi connectivity index (χ1n) is 5.46. The van der Waals surface area contributed by atoms with Gasteiger partial charge in [0.1, 0.15) is 0 Å². The third-order valence-corrected chi connectivity index (χ3v) is 2.37. The fourth-order valence-corrected chi connectivity index (χ4v) is 1.18. The van der Waals surface area contributed by atoms with E-state index in [-0.39, 0.29) is 24.7 Å². The number of hydrogen-bond donors (Lipinski definition) is 0. The van der Waals surface area contributed by atoms with Gasteiger partial charge in [0.2, 0.25) is 13.5 Å². The molecule has 0 aromatic carbocycles. The van der Waals surface area contributed by atoms with Crippen molar-refractivity contribution in [1.82, 2.24) is 0 Å². The summed E-state index contributed by atoms with van der Waals surface area (Å²) in [5.41, 5.74) is 0. The number of rotatable bonds is 9. The molecule has 0 N–H and O–H groups in total. The molecule has 0 aromatic rings. The van der Waals surface area contributed by atoms with Crippen LogP contribution in [0.15, 0.2) is 25.3 Å². The Morgan fingerprint density at radius 3 is 1.78 bits per heavy atom. The summed E-state index contributed by atoms with van der Waals surface area (Å²) in [7, 11) is 1.52. The van der Waals surface area contributed by atoms with Crippen LogP contribution in [-0.4, -0.2) is 50.3 Å². The molecule has 0 fully saturated rings. The third kappa shape index (κ3) is 5.60. The Labute approximate surface area is 107 Å². The van der Waals surface area contributed by atoms with Crippen molar-refractivity contribution < 1.29 is 28.3 Å². The van der Waals surface area contributed by atoms with E-state index in [2.05, 4.69) is 13.2 Å². The molecule has 0 aliphatic heterocycles. The van der Waals surface area contributed by atoms with Gasteiger partial charge in [0.05, 0.1) is 6.54 Å². The maximum Gasteiger partial charge on any atom is 0.334 e. The topological polar surface area (TPSA) is 61.8 Å².